The molecule has 0 saturated heterocycles. The third kappa shape index (κ3) is 4.65. The van der Waals surface area contributed by atoms with Crippen LogP contribution in [0.5, 0.6) is 0 Å². The van der Waals surface area contributed by atoms with Crippen molar-refractivity contribution in [3.63, 3.8) is 0 Å². The zero-order valence-corrected chi connectivity index (χ0v) is 20.0. The molecule has 1 aromatic carbocycles. The lowest BCUT2D eigenvalue weighted by Gasteiger charge is -2.41. The fraction of sp³-hybridized carbons (Fsp3) is 0.654. The highest BCUT2D eigenvalue weighted by atomic mass is 16.5. The fourth-order valence-corrected chi connectivity index (χ4v) is 4.81. The van der Waals surface area contributed by atoms with E-state index in [4.69, 9.17) is 4.74 Å². The highest BCUT2D eigenvalue weighted by molar-refractivity contribution is 5.77. The topological polar surface area (TPSA) is 49.4 Å². The van der Waals surface area contributed by atoms with Gasteiger partial charge in [-0.1, -0.05) is 71.9 Å². The van der Waals surface area contributed by atoms with Gasteiger partial charge in [-0.05, 0) is 61.6 Å². The summed E-state index contributed by atoms with van der Waals surface area (Å²) < 4.78 is 5.75. The standard InChI is InChI=1S/C26H40NO3/c1-8-25(9-2)17-23(26(10-3,11-4)27(25)29)18-30-24(28)20(7)22-14-12-21(13-15-22)16-19(5)6/h12-15,17,19-20H,8-11,16,18H2,1-7H3. The van der Waals surface area contributed by atoms with Crippen molar-refractivity contribution >= 4 is 5.97 Å². The molecule has 0 N–H and O–H groups in total. The zero-order valence-electron chi connectivity index (χ0n) is 20.0. The van der Waals surface area contributed by atoms with Crippen LogP contribution < -0.4 is 0 Å². The molecule has 1 atom stereocenters. The van der Waals surface area contributed by atoms with E-state index >= 15 is 0 Å². The summed E-state index contributed by atoms with van der Waals surface area (Å²) >= 11 is 0. The summed E-state index contributed by atoms with van der Waals surface area (Å²) in [6.07, 6.45) is 6.06. The van der Waals surface area contributed by atoms with Crippen molar-refractivity contribution in [2.45, 2.75) is 97.6 Å². The highest BCUT2D eigenvalue weighted by Crippen LogP contribution is 2.46. The van der Waals surface area contributed by atoms with E-state index in [2.05, 4.69) is 45.9 Å². The largest absolute Gasteiger partial charge is 0.461 e. The van der Waals surface area contributed by atoms with Crippen LogP contribution in [0.4, 0.5) is 0 Å². The minimum absolute atomic E-state index is 0.191. The van der Waals surface area contributed by atoms with E-state index in [1.165, 1.54) is 10.6 Å². The fourth-order valence-electron chi connectivity index (χ4n) is 4.81. The number of hydrogen-bond donors (Lipinski definition) is 0. The summed E-state index contributed by atoms with van der Waals surface area (Å²) in [6.45, 7) is 14.7. The number of carbonyl (C=O) groups excluding carboxylic acids is 1. The zero-order chi connectivity index (χ0) is 22.5. The summed E-state index contributed by atoms with van der Waals surface area (Å²) in [4.78, 5) is 12.8. The van der Waals surface area contributed by atoms with Crippen molar-refractivity contribution < 1.29 is 14.7 Å². The minimum atomic E-state index is -0.575. The molecule has 0 fully saturated rings. The number of nitrogens with zero attached hydrogens (tertiary/aromatic N) is 1. The molecule has 0 aliphatic carbocycles. The van der Waals surface area contributed by atoms with Crippen molar-refractivity contribution in [3.8, 4) is 0 Å². The van der Waals surface area contributed by atoms with Gasteiger partial charge in [0.2, 0.25) is 0 Å². The quantitative estimate of drug-likeness (QED) is 0.336. The first-order valence-corrected chi connectivity index (χ1v) is 11.6. The molecule has 4 nitrogen and oxygen atoms in total. The molecule has 2 rings (SSSR count). The van der Waals surface area contributed by atoms with Gasteiger partial charge in [0.15, 0.2) is 0 Å². The number of esters is 1. The number of carbonyl (C=O) groups is 1. The van der Waals surface area contributed by atoms with Gasteiger partial charge in [-0.25, -0.2) is 0 Å². The van der Waals surface area contributed by atoms with Gasteiger partial charge in [0.1, 0.15) is 6.61 Å². The maximum absolute atomic E-state index is 13.3. The van der Waals surface area contributed by atoms with Gasteiger partial charge in [0.25, 0.3) is 0 Å². The second-order valence-electron chi connectivity index (χ2n) is 9.18. The first-order chi connectivity index (χ1) is 14.2. The maximum atomic E-state index is 13.3. The molecule has 0 amide bonds. The Kier molecular flexibility index (Phi) is 8.29. The van der Waals surface area contributed by atoms with E-state index in [1.807, 2.05) is 32.9 Å². The Balaban J connectivity index is 2.13. The number of ether oxygens (including phenoxy) is 1. The van der Waals surface area contributed by atoms with Crippen LogP contribution >= 0.6 is 0 Å². The number of hydrogen-bond acceptors (Lipinski definition) is 3. The second kappa shape index (κ2) is 10.1. The smallest absolute Gasteiger partial charge is 0.313 e. The lowest BCUT2D eigenvalue weighted by atomic mass is 9.86. The summed E-state index contributed by atoms with van der Waals surface area (Å²) in [7, 11) is 0. The van der Waals surface area contributed by atoms with Gasteiger partial charge < -0.3 is 4.74 Å². The van der Waals surface area contributed by atoms with Crippen LogP contribution in [0.3, 0.4) is 0 Å². The van der Waals surface area contributed by atoms with Crippen LogP contribution in [0.2, 0.25) is 0 Å². The van der Waals surface area contributed by atoms with Crippen molar-refractivity contribution in [1.29, 1.82) is 0 Å². The van der Waals surface area contributed by atoms with Gasteiger partial charge in [-0.15, -0.1) is 10.3 Å². The van der Waals surface area contributed by atoms with E-state index in [1.54, 1.807) is 0 Å². The van der Waals surface area contributed by atoms with E-state index < -0.39 is 11.1 Å². The molecule has 167 valence electrons. The molecule has 30 heavy (non-hydrogen) atoms. The van der Waals surface area contributed by atoms with Crippen molar-refractivity contribution in [2.75, 3.05) is 6.61 Å². The van der Waals surface area contributed by atoms with E-state index in [0.717, 1.165) is 30.4 Å². The minimum Gasteiger partial charge on any atom is -0.461 e. The summed E-state index contributed by atoms with van der Waals surface area (Å²) in [6, 6.07) is 8.26. The Hall–Kier alpha value is -1.65. The summed E-state index contributed by atoms with van der Waals surface area (Å²) in [5.74, 6) is 0.0362. The molecular weight excluding hydrogens is 374 g/mol. The lowest BCUT2D eigenvalue weighted by Crippen LogP contribution is -2.52. The molecule has 0 aromatic heterocycles. The maximum Gasteiger partial charge on any atom is 0.313 e. The van der Waals surface area contributed by atoms with Crippen LogP contribution in [-0.4, -0.2) is 28.7 Å². The lowest BCUT2D eigenvalue weighted by molar-refractivity contribution is -0.259. The predicted octanol–water partition coefficient (Wildman–Crippen LogP) is 6.24. The molecule has 4 heteroatoms. The van der Waals surface area contributed by atoms with Crippen molar-refractivity contribution in [3.05, 3.63) is 47.0 Å². The molecule has 1 aromatic rings. The molecule has 1 unspecified atom stereocenters. The molecular formula is C26H40NO3. The molecule has 1 aliphatic heterocycles. The molecule has 1 radical (unpaired) electrons. The molecule has 0 spiro atoms. The van der Waals surface area contributed by atoms with Crippen LogP contribution in [0.1, 0.15) is 91.2 Å². The van der Waals surface area contributed by atoms with E-state index in [0.29, 0.717) is 18.8 Å². The Morgan fingerprint density at radius 1 is 0.967 bits per heavy atom. The van der Waals surface area contributed by atoms with Gasteiger partial charge >= 0.3 is 5.97 Å². The van der Waals surface area contributed by atoms with Gasteiger partial charge in [0.05, 0.1) is 17.0 Å². The van der Waals surface area contributed by atoms with Gasteiger partial charge in [-0.2, -0.15) is 0 Å². The molecule has 0 bridgehead atoms. The van der Waals surface area contributed by atoms with Crippen LogP contribution in [0.25, 0.3) is 0 Å². The second-order valence-corrected chi connectivity index (χ2v) is 9.18. The van der Waals surface area contributed by atoms with E-state index in [-0.39, 0.29) is 18.5 Å². The number of benzene rings is 1. The molecule has 1 aliphatic rings. The van der Waals surface area contributed by atoms with E-state index in [9.17, 15) is 10.0 Å². The normalized spacial score (nSPS) is 19.0. The van der Waals surface area contributed by atoms with Crippen LogP contribution in [0, 0.1) is 5.92 Å². The number of hydroxylamine groups is 2. The molecule has 1 heterocycles. The Labute approximate surface area is 183 Å². The number of rotatable bonds is 10. The molecule has 0 saturated carbocycles. The highest BCUT2D eigenvalue weighted by Gasteiger charge is 2.53. The first-order valence-electron chi connectivity index (χ1n) is 11.6. The average molecular weight is 415 g/mol. The van der Waals surface area contributed by atoms with Gasteiger partial charge in [-0.3, -0.25) is 4.79 Å². The van der Waals surface area contributed by atoms with Gasteiger partial charge in [0, 0.05) is 0 Å². The Bertz CT molecular complexity index is 727. The monoisotopic (exact) mass is 414 g/mol. The predicted molar refractivity (Wildman–Crippen MR) is 122 cm³/mol. The Morgan fingerprint density at radius 3 is 2.00 bits per heavy atom. The summed E-state index contributed by atoms with van der Waals surface area (Å²) in [5, 5.41) is 14.6. The SMILES string of the molecule is CCC1(CC)C=C(COC(=O)C(C)c2ccc(CC(C)C)cc2)C(CC)(CC)N1[O]. The van der Waals surface area contributed by atoms with Crippen LogP contribution in [0.15, 0.2) is 35.9 Å². The first kappa shape index (κ1) is 24.6. The van der Waals surface area contributed by atoms with Crippen LogP contribution in [-0.2, 0) is 21.2 Å². The van der Waals surface area contributed by atoms with Crippen molar-refractivity contribution in [1.82, 2.24) is 5.06 Å². The Morgan fingerprint density at radius 2 is 1.53 bits per heavy atom. The van der Waals surface area contributed by atoms with Crippen molar-refractivity contribution in [2.24, 2.45) is 5.92 Å². The third-order valence-corrected chi connectivity index (χ3v) is 7.08. The average Bonchev–Trinajstić information content (AvgIpc) is 2.99. The third-order valence-electron chi connectivity index (χ3n) is 7.08. The summed E-state index contributed by atoms with van der Waals surface area (Å²) in [5.41, 5.74) is 2.14.